The van der Waals surface area contributed by atoms with Crippen molar-refractivity contribution in [1.82, 2.24) is 10.6 Å². The lowest BCUT2D eigenvalue weighted by Gasteiger charge is -2.35. The van der Waals surface area contributed by atoms with E-state index in [1.807, 2.05) is 13.1 Å². The van der Waals surface area contributed by atoms with Crippen molar-refractivity contribution in [1.29, 1.82) is 0 Å². The van der Waals surface area contributed by atoms with Gasteiger partial charge in [-0.05, 0) is 50.6 Å². The average molecular weight is 248 g/mol. The minimum Gasteiger partial charge on any atom is -0.454 e. The van der Waals surface area contributed by atoms with Crippen LogP contribution in [-0.4, -0.2) is 26.9 Å². The molecule has 2 unspecified atom stereocenters. The van der Waals surface area contributed by atoms with E-state index < -0.39 is 0 Å². The van der Waals surface area contributed by atoms with E-state index in [0.717, 1.165) is 24.6 Å². The molecule has 0 amide bonds. The monoisotopic (exact) mass is 248 g/mol. The van der Waals surface area contributed by atoms with Crippen molar-refractivity contribution in [3.8, 4) is 11.5 Å². The maximum Gasteiger partial charge on any atom is 0.231 e. The van der Waals surface area contributed by atoms with Crippen molar-refractivity contribution < 1.29 is 9.47 Å². The smallest absolute Gasteiger partial charge is 0.231 e. The minimum atomic E-state index is -0.0233. The first kappa shape index (κ1) is 11.8. The Labute approximate surface area is 108 Å². The molecule has 98 valence electrons. The number of hydrogen-bond acceptors (Lipinski definition) is 4. The summed E-state index contributed by atoms with van der Waals surface area (Å²) < 4.78 is 10.8. The van der Waals surface area contributed by atoms with Crippen LogP contribution in [0.5, 0.6) is 11.5 Å². The van der Waals surface area contributed by atoms with E-state index in [2.05, 4.69) is 29.7 Å². The highest BCUT2D eigenvalue weighted by molar-refractivity contribution is 5.46. The lowest BCUT2D eigenvalue weighted by atomic mass is 9.79. The zero-order chi connectivity index (χ0) is 12.6. The molecule has 1 aromatic carbocycles. The molecule has 2 aliphatic rings. The van der Waals surface area contributed by atoms with E-state index in [0.29, 0.717) is 12.7 Å². The Hall–Kier alpha value is -1.26. The normalized spacial score (nSPS) is 25.1. The van der Waals surface area contributed by atoms with Crippen LogP contribution in [0.3, 0.4) is 0 Å². The lowest BCUT2D eigenvalue weighted by molar-refractivity contribution is 0.173. The van der Waals surface area contributed by atoms with Gasteiger partial charge >= 0.3 is 0 Å². The van der Waals surface area contributed by atoms with Crippen LogP contribution >= 0.6 is 0 Å². The van der Waals surface area contributed by atoms with Crippen LogP contribution < -0.4 is 20.1 Å². The van der Waals surface area contributed by atoms with Crippen LogP contribution in [0.25, 0.3) is 0 Å². The van der Waals surface area contributed by atoms with Gasteiger partial charge in [-0.25, -0.2) is 0 Å². The molecule has 2 aliphatic heterocycles. The van der Waals surface area contributed by atoms with Crippen molar-refractivity contribution in [2.45, 2.75) is 18.9 Å². The standard InChI is InChI=1S/C14H20N2O2/c1-14(15-2,11-5-6-16-8-11)10-3-4-12-13(7-10)18-9-17-12/h3-4,7,11,15-16H,5-6,8-9H2,1-2H3. The first-order valence-corrected chi connectivity index (χ1v) is 6.54. The van der Waals surface area contributed by atoms with Gasteiger partial charge in [0.15, 0.2) is 11.5 Å². The Kier molecular flexibility index (Phi) is 2.92. The lowest BCUT2D eigenvalue weighted by Crippen LogP contribution is -2.44. The third-order valence-corrected chi connectivity index (χ3v) is 4.37. The highest BCUT2D eigenvalue weighted by Gasteiger charge is 2.37. The fraction of sp³-hybridized carbons (Fsp3) is 0.571. The summed E-state index contributed by atoms with van der Waals surface area (Å²) in [4.78, 5) is 0. The van der Waals surface area contributed by atoms with Gasteiger partial charge in [-0.15, -0.1) is 0 Å². The second-order valence-corrected chi connectivity index (χ2v) is 5.21. The summed E-state index contributed by atoms with van der Waals surface area (Å²) in [6.45, 7) is 4.76. The molecule has 1 aromatic rings. The molecule has 2 atom stereocenters. The topological polar surface area (TPSA) is 42.5 Å². The van der Waals surface area contributed by atoms with Crippen LogP contribution in [0, 0.1) is 5.92 Å². The van der Waals surface area contributed by atoms with Gasteiger partial charge in [-0.2, -0.15) is 0 Å². The molecule has 0 radical (unpaired) electrons. The molecule has 18 heavy (non-hydrogen) atoms. The van der Waals surface area contributed by atoms with Gasteiger partial charge in [0.2, 0.25) is 6.79 Å². The van der Waals surface area contributed by atoms with Crippen molar-refractivity contribution in [2.75, 3.05) is 26.9 Å². The number of benzene rings is 1. The molecule has 2 N–H and O–H groups in total. The van der Waals surface area contributed by atoms with Crippen LogP contribution in [0.1, 0.15) is 18.9 Å². The number of rotatable bonds is 3. The first-order valence-electron chi connectivity index (χ1n) is 6.54. The van der Waals surface area contributed by atoms with Gasteiger partial charge in [0.1, 0.15) is 0 Å². The number of ether oxygens (including phenoxy) is 2. The summed E-state index contributed by atoms with van der Waals surface area (Å²) in [5.74, 6) is 2.31. The van der Waals surface area contributed by atoms with Crippen molar-refractivity contribution in [3.05, 3.63) is 23.8 Å². The molecule has 0 bridgehead atoms. The summed E-state index contributed by atoms with van der Waals surface area (Å²) in [6.07, 6.45) is 1.20. The molecule has 1 saturated heterocycles. The maximum atomic E-state index is 5.48. The van der Waals surface area contributed by atoms with E-state index in [1.165, 1.54) is 12.0 Å². The predicted octanol–water partition coefficient (Wildman–Crippen LogP) is 1.46. The fourth-order valence-corrected chi connectivity index (χ4v) is 2.95. The Morgan fingerprint density at radius 3 is 2.89 bits per heavy atom. The largest absolute Gasteiger partial charge is 0.454 e. The minimum absolute atomic E-state index is 0.0233. The maximum absolute atomic E-state index is 5.48. The molecule has 0 aromatic heterocycles. The van der Waals surface area contributed by atoms with Gasteiger partial charge in [0, 0.05) is 12.1 Å². The number of fused-ring (bicyclic) bond motifs is 1. The molecule has 4 heteroatoms. The van der Waals surface area contributed by atoms with E-state index in [9.17, 15) is 0 Å². The predicted molar refractivity (Wildman–Crippen MR) is 70.0 cm³/mol. The zero-order valence-electron chi connectivity index (χ0n) is 11.0. The van der Waals surface area contributed by atoms with Gasteiger partial charge in [-0.3, -0.25) is 0 Å². The third kappa shape index (κ3) is 1.76. The van der Waals surface area contributed by atoms with Gasteiger partial charge in [0.05, 0.1) is 0 Å². The van der Waals surface area contributed by atoms with Crippen LogP contribution in [0.15, 0.2) is 18.2 Å². The highest BCUT2D eigenvalue weighted by atomic mass is 16.7. The Balaban J connectivity index is 1.95. The van der Waals surface area contributed by atoms with Crippen LogP contribution in [0.2, 0.25) is 0 Å². The first-order chi connectivity index (χ1) is 8.74. The number of hydrogen-bond donors (Lipinski definition) is 2. The van der Waals surface area contributed by atoms with E-state index >= 15 is 0 Å². The second kappa shape index (κ2) is 4.44. The Bertz CT molecular complexity index is 443. The van der Waals surface area contributed by atoms with E-state index in [1.54, 1.807) is 0 Å². The third-order valence-electron chi connectivity index (χ3n) is 4.37. The summed E-state index contributed by atoms with van der Waals surface area (Å²) >= 11 is 0. The summed E-state index contributed by atoms with van der Waals surface area (Å²) in [7, 11) is 2.03. The molecule has 2 heterocycles. The molecular weight excluding hydrogens is 228 g/mol. The summed E-state index contributed by atoms with van der Waals surface area (Å²) in [6, 6.07) is 6.26. The van der Waals surface area contributed by atoms with Crippen molar-refractivity contribution >= 4 is 0 Å². The molecule has 0 aliphatic carbocycles. The second-order valence-electron chi connectivity index (χ2n) is 5.21. The molecule has 4 nitrogen and oxygen atoms in total. The molecular formula is C14H20N2O2. The molecule has 3 rings (SSSR count). The van der Waals surface area contributed by atoms with Gasteiger partial charge < -0.3 is 20.1 Å². The van der Waals surface area contributed by atoms with E-state index in [4.69, 9.17) is 9.47 Å². The zero-order valence-corrected chi connectivity index (χ0v) is 11.0. The van der Waals surface area contributed by atoms with Crippen molar-refractivity contribution in [3.63, 3.8) is 0 Å². The SMILES string of the molecule is CNC(C)(c1ccc2c(c1)OCO2)C1CCNC1. The van der Waals surface area contributed by atoms with Crippen LogP contribution in [-0.2, 0) is 5.54 Å². The molecule has 0 saturated carbocycles. The Morgan fingerprint density at radius 2 is 2.17 bits per heavy atom. The molecule has 0 spiro atoms. The Morgan fingerprint density at radius 1 is 1.33 bits per heavy atom. The van der Waals surface area contributed by atoms with Crippen LogP contribution in [0.4, 0.5) is 0 Å². The number of nitrogens with one attached hydrogen (secondary N) is 2. The van der Waals surface area contributed by atoms with Gasteiger partial charge in [-0.1, -0.05) is 6.07 Å². The fourth-order valence-electron chi connectivity index (χ4n) is 2.95. The highest BCUT2D eigenvalue weighted by Crippen LogP contribution is 2.39. The summed E-state index contributed by atoms with van der Waals surface area (Å²) in [5.41, 5.74) is 1.24. The quantitative estimate of drug-likeness (QED) is 0.850. The van der Waals surface area contributed by atoms with Gasteiger partial charge in [0.25, 0.3) is 0 Å². The van der Waals surface area contributed by atoms with Crippen molar-refractivity contribution in [2.24, 2.45) is 5.92 Å². The summed E-state index contributed by atoms with van der Waals surface area (Å²) in [5, 5.41) is 6.93. The molecule has 1 fully saturated rings. The van der Waals surface area contributed by atoms with E-state index in [-0.39, 0.29) is 5.54 Å². The average Bonchev–Trinajstić information content (AvgIpc) is 3.07.